The first-order valence-corrected chi connectivity index (χ1v) is 8.78. The molecule has 1 heterocycles. The van der Waals surface area contributed by atoms with Crippen molar-refractivity contribution in [2.24, 2.45) is 0 Å². The predicted octanol–water partition coefficient (Wildman–Crippen LogP) is 2.64. The number of hydrogen-bond donors (Lipinski definition) is 2. The van der Waals surface area contributed by atoms with E-state index in [0.29, 0.717) is 6.61 Å². The Morgan fingerprint density at radius 2 is 1.87 bits per heavy atom. The van der Waals surface area contributed by atoms with E-state index >= 15 is 0 Å². The molecular formula is C16H21N3O3S. The van der Waals surface area contributed by atoms with Crippen LogP contribution in [0.4, 0.5) is 11.5 Å². The van der Waals surface area contributed by atoms with Gasteiger partial charge in [0.15, 0.2) is 0 Å². The number of ether oxygens (including phenoxy) is 1. The van der Waals surface area contributed by atoms with E-state index in [-0.39, 0.29) is 10.7 Å². The van der Waals surface area contributed by atoms with Crippen molar-refractivity contribution >= 4 is 21.5 Å². The largest absolute Gasteiger partial charge is 0.385 e. The minimum Gasteiger partial charge on any atom is -0.385 e. The van der Waals surface area contributed by atoms with Gasteiger partial charge in [-0.2, -0.15) is 0 Å². The summed E-state index contributed by atoms with van der Waals surface area (Å²) in [5, 5.41) is 3.19. The Morgan fingerprint density at radius 1 is 1.13 bits per heavy atom. The maximum atomic E-state index is 12.3. The average molecular weight is 335 g/mol. The third-order valence-corrected chi connectivity index (χ3v) is 4.56. The Bertz CT molecular complexity index is 713. The van der Waals surface area contributed by atoms with E-state index in [9.17, 15) is 8.42 Å². The van der Waals surface area contributed by atoms with Gasteiger partial charge in [0, 0.05) is 20.3 Å². The highest BCUT2D eigenvalue weighted by Gasteiger charge is 2.14. The number of aryl methyl sites for hydroxylation is 1. The number of nitrogens with one attached hydrogen (secondary N) is 2. The van der Waals surface area contributed by atoms with Crippen LogP contribution in [0.3, 0.4) is 0 Å². The van der Waals surface area contributed by atoms with Crippen LogP contribution in [0, 0.1) is 6.92 Å². The van der Waals surface area contributed by atoms with Crippen molar-refractivity contribution in [3.63, 3.8) is 0 Å². The predicted molar refractivity (Wildman–Crippen MR) is 91.2 cm³/mol. The van der Waals surface area contributed by atoms with Gasteiger partial charge in [0.2, 0.25) is 0 Å². The summed E-state index contributed by atoms with van der Waals surface area (Å²) in [7, 11) is -1.95. The molecule has 2 aromatic rings. The SMILES string of the molecule is COCCCNc1ccc(NS(=O)(=O)c2ccc(C)cc2)nc1. The zero-order valence-electron chi connectivity index (χ0n) is 13.2. The second-order valence-corrected chi connectivity index (χ2v) is 6.81. The van der Waals surface area contributed by atoms with Crippen LogP contribution in [0.25, 0.3) is 0 Å². The van der Waals surface area contributed by atoms with E-state index in [2.05, 4.69) is 15.0 Å². The molecule has 0 radical (unpaired) electrons. The first kappa shape index (κ1) is 17.2. The molecule has 7 heteroatoms. The van der Waals surface area contributed by atoms with Gasteiger partial charge in [-0.3, -0.25) is 4.72 Å². The van der Waals surface area contributed by atoms with Crippen LogP contribution in [-0.2, 0) is 14.8 Å². The number of rotatable bonds is 8. The van der Waals surface area contributed by atoms with Crippen molar-refractivity contribution < 1.29 is 13.2 Å². The van der Waals surface area contributed by atoms with Gasteiger partial charge < -0.3 is 10.1 Å². The third kappa shape index (κ3) is 5.22. The number of nitrogens with zero attached hydrogens (tertiary/aromatic N) is 1. The van der Waals surface area contributed by atoms with E-state index in [0.717, 1.165) is 24.2 Å². The summed E-state index contributed by atoms with van der Waals surface area (Å²) in [5.74, 6) is 0.285. The van der Waals surface area contributed by atoms with E-state index < -0.39 is 10.0 Å². The molecule has 0 saturated heterocycles. The average Bonchev–Trinajstić information content (AvgIpc) is 2.53. The summed E-state index contributed by atoms with van der Waals surface area (Å²) < 4.78 is 32.0. The van der Waals surface area contributed by atoms with Gasteiger partial charge >= 0.3 is 0 Å². The van der Waals surface area contributed by atoms with Crippen molar-refractivity contribution in [3.8, 4) is 0 Å². The Morgan fingerprint density at radius 3 is 2.48 bits per heavy atom. The molecule has 0 atom stereocenters. The molecule has 0 saturated carbocycles. The van der Waals surface area contributed by atoms with Crippen molar-refractivity contribution in [2.75, 3.05) is 30.3 Å². The standard InChI is InChI=1S/C16H21N3O3S/c1-13-4-7-15(8-5-13)23(20,21)19-16-9-6-14(12-18-16)17-10-3-11-22-2/h4-9,12,17H,3,10-11H2,1-2H3,(H,18,19). The zero-order valence-corrected chi connectivity index (χ0v) is 14.1. The molecule has 0 unspecified atom stereocenters. The number of anilines is 2. The van der Waals surface area contributed by atoms with E-state index in [4.69, 9.17) is 4.74 Å². The molecule has 0 spiro atoms. The molecule has 2 N–H and O–H groups in total. The molecule has 1 aromatic heterocycles. The highest BCUT2D eigenvalue weighted by molar-refractivity contribution is 7.92. The Labute approximate surface area is 137 Å². The maximum Gasteiger partial charge on any atom is 0.263 e. The lowest BCUT2D eigenvalue weighted by molar-refractivity contribution is 0.198. The number of sulfonamides is 1. The zero-order chi connectivity index (χ0) is 16.7. The van der Waals surface area contributed by atoms with Crippen LogP contribution in [0.1, 0.15) is 12.0 Å². The maximum absolute atomic E-state index is 12.3. The van der Waals surface area contributed by atoms with Crippen molar-refractivity contribution in [1.29, 1.82) is 0 Å². The number of pyridine rings is 1. The second kappa shape index (κ2) is 7.94. The molecule has 0 aliphatic rings. The van der Waals surface area contributed by atoms with Gasteiger partial charge in [-0.15, -0.1) is 0 Å². The van der Waals surface area contributed by atoms with Crippen LogP contribution in [-0.4, -0.2) is 33.7 Å². The summed E-state index contributed by atoms with van der Waals surface area (Å²) in [6.07, 6.45) is 2.48. The van der Waals surface area contributed by atoms with Crippen molar-refractivity contribution in [2.45, 2.75) is 18.2 Å². The molecule has 0 aliphatic carbocycles. The molecule has 2 rings (SSSR count). The number of aromatic nitrogens is 1. The quantitative estimate of drug-likeness (QED) is 0.725. The van der Waals surface area contributed by atoms with E-state index in [1.165, 1.54) is 0 Å². The molecule has 23 heavy (non-hydrogen) atoms. The molecular weight excluding hydrogens is 314 g/mol. The van der Waals surface area contributed by atoms with Gasteiger partial charge in [0.1, 0.15) is 5.82 Å². The number of methoxy groups -OCH3 is 1. The van der Waals surface area contributed by atoms with Crippen LogP contribution in [0.15, 0.2) is 47.5 Å². The summed E-state index contributed by atoms with van der Waals surface area (Å²) in [6.45, 7) is 3.36. The second-order valence-electron chi connectivity index (χ2n) is 5.12. The van der Waals surface area contributed by atoms with E-state index in [1.54, 1.807) is 49.7 Å². The minimum atomic E-state index is -3.62. The lowest BCUT2D eigenvalue weighted by Gasteiger charge is -2.09. The normalized spacial score (nSPS) is 11.2. The Balaban J connectivity index is 1.98. The monoisotopic (exact) mass is 335 g/mol. The third-order valence-electron chi connectivity index (χ3n) is 3.19. The van der Waals surface area contributed by atoms with Gasteiger partial charge in [-0.25, -0.2) is 13.4 Å². The van der Waals surface area contributed by atoms with Gasteiger partial charge in [0.25, 0.3) is 10.0 Å². The molecule has 0 amide bonds. The van der Waals surface area contributed by atoms with Gasteiger partial charge in [-0.1, -0.05) is 17.7 Å². The molecule has 0 bridgehead atoms. The molecule has 124 valence electrons. The number of hydrogen-bond acceptors (Lipinski definition) is 5. The summed E-state index contributed by atoms with van der Waals surface area (Å²) in [5.41, 5.74) is 1.84. The van der Waals surface area contributed by atoms with Crippen LogP contribution in [0.2, 0.25) is 0 Å². The fourth-order valence-electron chi connectivity index (χ4n) is 1.92. The smallest absolute Gasteiger partial charge is 0.263 e. The first-order chi connectivity index (χ1) is 11.0. The van der Waals surface area contributed by atoms with Gasteiger partial charge in [0.05, 0.1) is 16.8 Å². The highest BCUT2D eigenvalue weighted by atomic mass is 32.2. The molecule has 6 nitrogen and oxygen atoms in total. The topological polar surface area (TPSA) is 80.3 Å². The summed E-state index contributed by atoms with van der Waals surface area (Å²) in [6, 6.07) is 10.1. The Kier molecular flexibility index (Phi) is 5.95. The van der Waals surface area contributed by atoms with Crippen molar-refractivity contribution in [3.05, 3.63) is 48.2 Å². The first-order valence-electron chi connectivity index (χ1n) is 7.29. The Hall–Kier alpha value is -2.12. The summed E-state index contributed by atoms with van der Waals surface area (Å²) >= 11 is 0. The van der Waals surface area contributed by atoms with Crippen LogP contribution < -0.4 is 10.0 Å². The number of benzene rings is 1. The minimum absolute atomic E-state index is 0.215. The lowest BCUT2D eigenvalue weighted by Crippen LogP contribution is -2.14. The highest BCUT2D eigenvalue weighted by Crippen LogP contribution is 2.16. The molecule has 0 fully saturated rings. The van der Waals surface area contributed by atoms with Crippen LogP contribution in [0.5, 0.6) is 0 Å². The fraction of sp³-hybridized carbons (Fsp3) is 0.312. The van der Waals surface area contributed by atoms with E-state index in [1.807, 2.05) is 6.92 Å². The van der Waals surface area contributed by atoms with Gasteiger partial charge in [-0.05, 0) is 37.6 Å². The fourth-order valence-corrected chi connectivity index (χ4v) is 2.93. The van der Waals surface area contributed by atoms with Crippen molar-refractivity contribution in [1.82, 2.24) is 4.98 Å². The lowest BCUT2D eigenvalue weighted by atomic mass is 10.2. The summed E-state index contributed by atoms with van der Waals surface area (Å²) in [4.78, 5) is 4.34. The molecule has 1 aromatic carbocycles. The molecule has 0 aliphatic heterocycles. The van der Waals surface area contributed by atoms with Crippen LogP contribution >= 0.6 is 0 Å².